The maximum absolute atomic E-state index is 13.4. The minimum atomic E-state index is -0.457. The van der Waals surface area contributed by atoms with E-state index in [1.807, 2.05) is 32.0 Å². The number of rotatable bonds is 6. The number of benzene rings is 2. The minimum Gasteiger partial charge on any atom is -0.493 e. The highest BCUT2D eigenvalue weighted by atomic mass is 19.1. The van der Waals surface area contributed by atoms with Crippen molar-refractivity contribution in [3.63, 3.8) is 0 Å². The number of carbonyl (C=O) groups is 1. The van der Waals surface area contributed by atoms with Gasteiger partial charge in [0.25, 0.3) is 0 Å². The van der Waals surface area contributed by atoms with Crippen LogP contribution in [0.2, 0.25) is 0 Å². The third-order valence-electron chi connectivity index (χ3n) is 3.38. The average Bonchev–Trinajstić information content (AvgIpc) is 2.52. The number of hydrogen-bond donors (Lipinski definition) is 2. The molecule has 0 saturated carbocycles. The van der Waals surface area contributed by atoms with Crippen LogP contribution in [0.1, 0.15) is 17.5 Å². The largest absolute Gasteiger partial charge is 0.493 e. The van der Waals surface area contributed by atoms with E-state index in [9.17, 15) is 9.18 Å². The van der Waals surface area contributed by atoms with Gasteiger partial charge in [0, 0.05) is 6.54 Å². The van der Waals surface area contributed by atoms with E-state index in [1.165, 1.54) is 12.1 Å². The number of urea groups is 1. The molecule has 0 aliphatic carbocycles. The Hall–Kier alpha value is -2.56. The maximum atomic E-state index is 13.4. The third-order valence-corrected chi connectivity index (χ3v) is 3.38. The summed E-state index contributed by atoms with van der Waals surface area (Å²) in [7, 11) is 0. The van der Waals surface area contributed by atoms with Crippen molar-refractivity contribution in [2.75, 3.05) is 18.5 Å². The van der Waals surface area contributed by atoms with E-state index in [0.29, 0.717) is 19.6 Å². The van der Waals surface area contributed by atoms with Crippen molar-refractivity contribution < 1.29 is 13.9 Å². The molecule has 0 fully saturated rings. The van der Waals surface area contributed by atoms with E-state index in [2.05, 4.69) is 10.6 Å². The molecule has 23 heavy (non-hydrogen) atoms. The van der Waals surface area contributed by atoms with Gasteiger partial charge >= 0.3 is 6.03 Å². The van der Waals surface area contributed by atoms with Crippen molar-refractivity contribution in [1.29, 1.82) is 0 Å². The number of nitrogens with one attached hydrogen (secondary N) is 2. The summed E-state index contributed by atoms with van der Waals surface area (Å²) in [6.07, 6.45) is 0.665. The maximum Gasteiger partial charge on any atom is 0.319 e. The average molecular weight is 316 g/mol. The molecular formula is C18H21FN2O2. The molecule has 0 aromatic heterocycles. The summed E-state index contributed by atoms with van der Waals surface area (Å²) in [6.45, 7) is 4.96. The predicted octanol–water partition coefficient (Wildman–Crippen LogP) is 4.03. The van der Waals surface area contributed by atoms with E-state index >= 15 is 0 Å². The summed E-state index contributed by atoms with van der Waals surface area (Å²) in [6, 6.07) is 11.6. The number of aryl methyl sites for hydroxylation is 2. The van der Waals surface area contributed by atoms with Crippen molar-refractivity contribution >= 4 is 11.7 Å². The van der Waals surface area contributed by atoms with E-state index in [-0.39, 0.29) is 5.69 Å². The summed E-state index contributed by atoms with van der Waals surface area (Å²) in [5, 5.41) is 5.15. The standard InChI is InChI=1S/C18H21FN2O2/c1-13-7-5-8-14(2)17(13)23-12-6-11-20-18(22)21-16-10-4-3-9-15(16)19/h3-5,7-10H,6,11-12H2,1-2H3,(H2,20,21,22). The molecule has 0 aliphatic rings. The molecule has 0 radical (unpaired) electrons. The highest BCUT2D eigenvalue weighted by Gasteiger charge is 2.06. The highest BCUT2D eigenvalue weighted by Crippen LogP contribution is 2.22. The van der Waals surface area contributed by atoms with Gasteiger partial charge in [0.2, 0.25) is 0 Å². The van der Waals surface area contributed by atoms with Crippen molar-refractivity contribution in [1.82, 2.24) is 5.32 Å². The Balaban J connectivity index is 1.69. The van der Waals surface area contributed by atoms with E-state index in [1.54, 1.807) is 12.1 Å². The van der Waals surface area contributed by atoms with Gasteiger partial charge in [0.1, 0.15) is 11.6 Å². The van der Waals surface area contributed by atoms with Crippen molar-refractivity contribution in [2.45, 2.75) is 20.3 Å². The molecule has 122 valence electrons. The zero-order chi connectivity index (χ0) is 16.7. The van der Waals surface area contributed by atoms with Crippen molar-refractivity contribution in [2.24, 2.45) is 0 Å². The van der Waals surface area contributed by atoms with Gasteiger partial charge in [0.05, 0.1) is 12.3 Å². The Morgan fingerprint density at radius 2 is 1.78 bits per heavy atom. The molecule has 0 atom stereocenters. The number of ether oxygens (including phenoxy) is 1. The van der Waals surface area contributed by atoms with Crippen molar-refractivity contribution in [3.8, 4) is 5.75 Å². The minimum absolute atomic E-state index is 0.164. The lowest BCUT2D eigenvalue weighted by Crippen LogP contribution is -2.30. The molecule has 0 bridgehead atoms. The Labute approximate surface area is 135 Å². The number of hydrogen-bond acceptors (Lipinski definition) is 2. The van der Waals surface area contributed by atoms with Crippen LogP contribution >= 0.6 is 0 Å². The van der Waals surface area contributed by atoms with Crippen LogP contribution in [0.5, 0.6) is 5.75 Å². The normalized spacial score (nSPS) is 10.2. The molecule has 0 spiro atoms. The molecular weight excluding hydrogens is 295 g/mol. The van der Waals surface area contributed by atoms with Crippen LogP contribution in [0.25, 0.3) is 0 Å². The van der Waals surface area contributed by atoms with Crippen molar-refractivity contribution in [3.05, 3.63) is 59.4 Å². The second-order valence-corrected chi connectivity index (χ2v) is 5.28. The fourth-order valence-electron chi connectivity index (χ4n) is 2.20. The Bertz CT molecular complexity index is 654. The van der Waals surface area contributed by atoms with Gasteiger partial charge in [-0.15, -0.1) is 0 Å². The van der Waals surface area contributed by atoms with Crippen LogP contribution in [0.4, 0.5) is 14.9 Å². The molecule has 0 saturated heterocycles. The topological polar surface area (TPSA) is 50.4 Å². The zero-order valence-corrected chi connectivity index (χ0v) is 13.4. The van der Waals surface area contributed by atoms with Gasteiger partial charge in [-0.05, 0) is 43.5 Å². The van der Waals surface area contributed by atoms with Crippen LogP contribution in [0.3, 0.4) is 0 Å². The first-order valence-corrected chi connectivity index (χ1v) is 7.56. The zero-order valence-electron chi connectivity index (χ0n) is 13.4. The molecule has 2 N–H and O–H groups in total. The molecule has 4 nitrogen and oxygen atoms in total. The molecule has 2 aromatic carbocycles. The highest BCUT2D eigenvalue weighted by molar-refractivity contribution is 5.89. The monoisotopic (exact) mass is 316 g/mol. The van der Waals surface area contributed by atoms with Crippen LogP contribution in [0.15, 0.2) is 42.5 Å². The smallest absolute Gasteiger partial charge is 0.319 e. The summed E-state index contributed by atoms with van der Waals surface area (Å²) >= 11 is 0. The molecule has 0 heterocycles. The van der Waals surface area contributed by atoms with Gasteiger partial charge in [-0.25, -0.2) is 9.18 Å². The van der Waals surface area contributed by atoms with Gasteiger partial charge in [-0.2, -0.15) is 0 Å². The quantitative estimate of drug-likeness (QED) is 0.790. The second-order valence-electron chi connectivity index (χ2n) is 5.28. The van der Waals surface area contributed by atoms with Crippen LogP contribution < -0.4 is 15.4 Å². The molecule has 2 aromatic rings. The lowest BCUT2D eigenvalue weighted by Gasteiger charge is -2.12. The van der Waals surface area contributed by atoms with Crippen LogP contribution in [-0.2, 0) is 0 Å². The molecule has 0 aliphatic heterocycles. The predicted molar refractivity (Wildman–Crippen MR) is 89.4 cm³/mol. The van der Waals surface area contributed by atoms with E-state index in [4.69, 9.17) is 4.74 Å². The molecule has 5 heteroatoms. The van der Waals surface area contributed by atoms with Gasteiger partial charge in [-0.3, -0.25) is 0 Å². The number of halogens is 1. The summed E-state index contributed by atoms with van der Waals surface area (Å²) in [5.41, 5.74) is 2.35. The molecule has 2 rings (SSSR count). The Kier molecular flexibility index (Phi) is 5.97. The van der Waals surface area contributed by atoms with Gasteiger partial charge < -0.3 is 15.4 Å². The number of anilines is 1. The number of amides is 2. The number of carbonyl (C=O) groups excluding carboxylic acids is 1. The third kappa shape index (κ3) is 4.98. The van der Waals surface area contributed by atoms with Crippen LogP contribution in [-0.4, -0.2) is 19.2 Å². The summed E-state index contributed by atoms with van der Waals surface area (Å²) < 4.78 is 19.1. The second kappa shape index (κ2) is 8.17. The lowest BCUT2D eigenvalue weighted by molar-refractivity contribution is 0.250. The summed E-state index contributed by atoms with van der Waals surface area (Å²) in [5.74, 6) is 0.435. The van der Waals surface area contributed by atoms with E-state index in [0.717, 1.165) is 16.9 Å². The number of para-hydroxylation sites is 2. The molecule has 0 unspecified atom stereocenters. The first-order valence-electron chi connectivity index (χ1n) is 7.56. The fourth-order valence-corrected chi connectivity index (χ4v) is 2.20. The van der Waals surface area contributed by atoms with Crippen LogP contribution in [0, 0.1) is 19.7 Å². The van der Waals surface area contributed by atoms with Gasteiger partial charge in [-0.1, -0.05) is 30.3 Å². The molecule has 2 amide bonds. The summed E-state index contributed by atoms with van der Waals surface area (Å²) in [4.78, 5) is 11.7. The SMILES string of the molecule is Cc1cccc(C)c1OCCCNC(=O)Nc1ccccc1F. The fraction of sp³-hybridized carbons (Fsp3) is 0.278. The van der Waals surface area contributed by atoms with Gasteiger partial charge in [0.15, 0.2) is 0 Å². The Morgan fingerprint density at radius 1 is 1.09 bits per heavy atom. The lowest BCUT2D eigenvalue weighted by atomic mass is 10.1. The Morgan fingerprint density at radius 3 is 2.48 bits per heavy atom. The first kappa shape index (κ1) is 16.8. The van der Waals surface area contributed by atoms with E-state index < -0.39 is 11.8 Å². The first-order chi connectivity index (χ1) is 11.1.